The Labute approximate surface area is 132 Å². The van der Waals surface area contributed by atoms with E-state index in [2.05, 4.69) is 38.1 Å². The Bertz CT molecular complexity index is 514. The van der Waals surface area contributed by atoms with Gasteiger partial charge in [-0.15, -0.1) is 11.4 Å². The van der Waals surface area contributed by atoms with Gasteiger partial charge >= 0.3 is 5.97 Å². The molecule has 0 aliphatic rings. The van der Waals surface area contributed by atoms with Gasteiger partial charge in [-0.3, -0.25) is 4.79 Å². The summed E-state index contributed by atoms with van der Waals surface area (Å²) in [6.45, 7) is 6.09. The quantitative estimate of drug-likeness (QED) is 0.600. The fourth-order valence-electron chi connectivity index (χ4n) is 1.64. The molecule has 0 spiro atoms. The summed E-state index contributed by atoms with van der Waals surface area (Å²) >= 11 is 0. The van der Waals surface area contributed by atoms with Crippen molar-refractivity contribution in [1.29, 1.82) is 0 Å². The van der Waals surface area contributed by atoms with Crippen LogP contribution in [-0.2, 0) is 9.63 Å². The van der Waals surface area contributed by atoms with Gasteiger partial charge in [0.15, 0.2) is 0 Å². The molecule has 1 atom stereocenters. The van der Waals surface area contributed by atoms with E-state index >= 15 is 0 Å². The Balaban J connectivity index is 2.36. The van der Waals surface area contributed by atoms with Gasteiger partial charge in [0, 0.05) is 11.8 Å². The molecule has 0 saturated heterocycles. The molecular formula is C18H25NO3. The highest BCUT2D eigenvalue weighted by atomic mass is 16.7. The van der Waals surface area contributed by atoms with Crippen molar-refractivity contribution in [3.63, 3.8) is 0 Å². The van der Waals surface area contributed by atoms with E-state index in [0.29, 0.717) is 6.42 Å². The number of hydrogen-bond acceptors (Lipinski definition) is 4. The number of hydroxylamine groups is 1. The first-order chi connectivity index (χ1) is 10.5. The molecular weight excluding hydrogens is 278 g/mol. The first-order valence-electron chi connectivity index (χ1n) is 7.59. The van der Waals surface area contributed by atoms with E-state index in [4.69, 9.17) is 4.84 Å². The fourth-order valence-corrected chi connectivity index (χ4v) is 1.64. The first kappa shape index (κ1) is 18.2. The van der Waals surface area contributed by atoms with Gasteiger partial charge in [-0.2, -0.15) is 0 Å². The monoisotopic (exact) mass is 303 g/mol. The molecule has 4 nitrogen and oxygen atoms in total. The smallest absolute Gasteiger partial charge is 0.325 e. The number of carbonyl (C=O) groups is 1. The predicted octanol–water partition coefficient (Wildman–Crippen LogP) is 2.99. The molecule has 0 saturated carbocycles. The highest BCUT2D eigenvalue weighted by molar-refractivity contribution is 5.69. The van der Waals surface area contributed by atoms with Crippen LogP contribution in [0.15, 0.2) is 30.3 Å². The lowest BCUT2D eigenvalue weighted by Crippen LogP contribution is -2.27. The maximum absolute atomic E-state index is 11.7. The summed E-state index contributed by atoms with van der Waals surface area (Å²) < 4.78 is 0. The van der Waals surface area contributed by atoms with Gasteiger partial charge in [-0.1, -0.05) is 43.2 Å². The zero-order chi connectivity index (χ0) is 16.4. The molecule has 0 fully saturated rings. The lowest BCUT2D eigenvalue weighted by atomic mass is 9.91. The normalized spacial score (nSPS) is 12.2. The van der Waals surface area contributed by atoms with E-state index in [1.165, 1.54) is 0 Å². The summed E-state index contributed by atoms with van der Waals surface area (Å²) in [5.41, 5.74) is 3.45. The Morgan fingerprint density at radius 3 is 2.64 bits per heavy atom. The molecule has 1 aromatic rings. The zero-order valence-corrected chi connectivity index (χ0v) is 13.6. The highest BCUT2D eigenvalue weighted by Crippen LogP contribution is 2.17. The second-order valence-electron chi connectivity index (χ2n) is 5.78. The van der Waals surface area contributed by atoms with Crippen LogP contribution in [-0.4, -0.2) is 17.7 Å². The minimum absolute atomic E-state index is 0.0164. The summed E-state index contributed by atoms with van der Waals surface area (Å²) in [6, 6.07) is 8.93. The van der Waals surface area contributed by atoms with Crippen LogP contribution in [0.25, 0.3) is 0 Å². The zero-order valence-electron chi connectivity index (χ0n) is 13.6. The van der Waals surface area contributed by atoms with Crippen LogP contribution in [0.1, 0.15) is 51.6 Å². The lowest BCUT2D eigenvalue weighted by molar-refractivity contribution is -0.153. The number of hydrogen-bond donors (Lipinski definition) is 2. The Kier molecular flexibility index (Phi) is 7.65. The number of aliphatic hydroxyl groups excluding tert-OH is 1. The van der Waals surface area contributed by atoms with Crippen molar-refractivity contribution in [3.8, 4) is 11.8 Å². The molecule has 0 aliphatic heterocycles. The third kappa shape index (κ3) is 6.75. The predicted molar refractivity (Wildman–Crippen MR) is 86.6 cm³/mol. The van der Waals surface area contributed by atoms with Crippen molar-refractivity contribution in [2.24, 2.45) is 5.41 Å². The van der Waals surface area contributed by atoms with Crippen molar-refractivity contribution >= 4 is 5.97 Å². The van der Waals surface area contributed by atoms with Crippen molar-refractivity contribution < 1.29 is 14.7 Å². The molecule has 0 unspecified atom stereocenters. The molecule has 0 aliphatic carbocycles. The van der Waals surface area contributed by atoms with E-state index in [9.17, 15) is 9.90 Å². The second kappa shape index (κ2) is 9.24. The van der Waals surface area contributed by atoms with Crippen molar-refractivity contribution in [3.05, 3.63) is 35.9 Å². The van der Waals surface area contributed by atoms with Crippen molar-refractivity contribution in [2.75, 3.05) is 6.61 Å². The van der Waals surface area contributed by atoms with Crippen LogP contribution in [0.5, 0.6) is 0 Å². The van der Waals surface area contributed by atoms with Gasteiger partial charge in [0.2, 0.25) is 0 Å². The summed E-state index contributed by atoms with van der Waals surface area (Å²) in [5, 5.41) is 9.35. The van der Waals surface area contributed by atoms with E-state index in [1.54, 1.807) is 0 Å². The van der Waals surface area contributed by atoms with E-state index in [0.717, 1.165) is 12.0 Å². The maximum atomic E-state index is 11.7. The molecule has 2 N–H and O–H groups in total. The van der Waals surface area contributed by atoms with Gasteiger partial charge in [0.25, 0.3) is 0 Å². The topological polar surface area (TPSA) is 58.6 Å². The van der Waals surface area contributed by atoms with E-state index in [-0.39, 0.29) is 24.4 Å². The Morgan fingerprint density at radius 1 is 1.36 bits per heavy atom. The van der Waals surface area contributed by atoms with Crippen LogP contribution in [0.3, 0.4) is 0 Å². The average Bonchev–Trinajstić information content (AvgIpc) is 2.53. The molecule has 4 heteroatoms. The SMILES string of the molecule is CCC(C)(C)C#CCCC(=O)ON[C@H](CO)c1ccccc1. The van der Waals surface area contributed by atoms with Gasteiger partial charge in [0.05, 0.1) is 19.1 Å². The summed E-state index contributed by atoms with van der Waals surface area (Å²) in [4.78, 5) is 16.6. The summed E-state index contributed by atoms with van der Waals surface area (Å²) in [6.07, 6.45) is 1.67. The number of benzene rings is 1. The summed E-state index contributed by atoms with van der Waals surface area (Å²) in [5.74, 6) is 5.78. The number of nitrogens with one attached hydrogen (secondary N) is 1. The van der Waals surface area contributed by atoms with Crippen LogP contribution < -0.4 is 5.48 Å². The molecule has 0 aromatic heterocycles. The number of carbonyl (C=O) groups excluding carboxylic acids is 1. The maximum Gasteiger partial charge on any atom is 0.325 e. The van der Waals surface area contributed by atoms with Gasteiger partial charge < -0.3 is 9.94 Å². The molecule has 0 heterocycles. The molecule has 120 valence electrons. The molecule has 1 rings (SSSR count). The summed E-state index contributed by atoms with van der Waals surface area (Å²) in [7, 11) is 0. The van der Waals surface area contributed by atoms with Crippen LogP contribution in [0, 0.1) is 17.3 Å². The first-order valence-corrected chi connectivity index (χ1v) is 7.59. The Hall–Kier alpha value is -1.83. The largest absolute Gasteiger partial charge is 0.394 e. The Morgan fingerprint density at radius 2 is 2.05 bits per heavy atom. The lowest BCUT2D eigenvalue weighted by Gasteiger charge is -2.15. The minimum Gasteiger partial charge on any atom is -0.394 e. The van der Waals surface area contributed by atoms with Crippen molar-refractivity contribution in [2.45, 2.75) is 46.1 Å². The minimum atomic E-state index is -0.421. The van der Waals surface area contributed by atoms with Crippen LogP contribution in [0.2, 0.25) is 0 Å². The molecule has 0 bridgehead atoms. The molecule has 22 heavy (non-hydrogen) atoms. The molecule has 0 amide bonds. The van der Waals surface area contributed by atoms with Gasteiger partial charge in [-0.05, 0) is 25.8 Å². The third-order valence-electron chi connectivity index (χ3n) is 3.46. The van der Waals surface area contributed by atoms with Gasteiger partial charge in [0.1, 0.15) is 0 Å². The van der Waals surface area contributed by atoms with Gasteiger partial charge in [-0.25, -0.2) is 0 Å². The molecule has 0 radical (unpaired) electrons. The second-order valence-corrected chi connectivity index (χ2v) is 5.78. The third-order valence-corrected chi connectivity index (χ3v) is 3.46. The fraction of sp³-hybridized carbons (Fsp3) is 0.500. The number of rotatable bonds is 7. The molecule has 1 aromatic carbocycles. The van der Waals surface area contributed by atoms with Crippen molar-refractivity contribution in [1.82, 2.24) is 5.48 Å². The van der Waals surface area contributed by atoms with Crippen LogP contribution >= 0.6 is 0 Å². The number of aliphatic hydroxyl groups is 1. The van der Waals surface area contributed by atoms with E-state index < -0.39 is 6.04 Å². The standard InChI is InChI=1S/C18H25NO3/c1-4-18(2,3)13-9-8-12-17(21)22-19-16(14-20)15-10-6-5-7-11-15/h5-7,10-11,16,19-20H,4,8,12,14H2,1-3H3/t16-/m1/s1. The van der Waals surface area contributed by atoms with E-state index in [1.807, 2.05) is 30.3 Å². The average molecular weight is 303 g/mol. The van der Waals surface area contributed by atoms with Crippen LogP contribution in [0.4, 0.5) is 0 Å². The highest BCUT2D eigenvalue weighted by Gasteiger charge is 2.12.